The van der Waals surface area contributed by atoms with Gasteiger partial charge in [-0.15, -0.1) is 12.6 Å². The summed E-state index contributed by atoms with van der Waals surface area (Å²) in [6.07, 6.45) is 1.75. The third-order valence-electron chi connectivity index (χ3n) is 1.71. The quantitative estimate of drug-likeness (QED) is 0.476. The van der Waals surface area contributed by atoms with Crippen LogP contribution >= 0.6 is 12.6 Å². The van der Waals surface area contributed by atoms with Gasteiger partial charge in [0.2, 0.25) is 0 Å². The molecule has 12 heavy (non-hydrogen) atoms. The van der Waals surface area contributed by atoms with Crippen LogP contribution in [-0.2, 0) is 0 Å². The number of thiol groups is 1. The van der Waals surface area contributed by atoms with Gasteiger partial charge >= 0.3 is 0 Å². The molecule has 0 atom stereocenters. The van der Waals surface area contributed by atoms with Gasteiger partial charge in [0.15, 0.2) is 0 Å². The number of pyridine rings is 1. The highest BCUT2D eigenvalue weighted by molar-refractivity contribution is 7.80. The number of hydrogen-bond donors (Lipinski definition) is 2. The van der Waals surface area contributed by atoms with Crippen LogP contribution in [0.4, 0.5) is 5.69 Å². The van der Waals surface area contributed by atoms with Gasteiger partial charge in [-0.1, -0.05) is 6.07 Å². The third-order valence-corrected chi connectivity index (χ3v) is 2.05. The maximum atomic E-state index is 5.65. The van der Waals surface area contributed by atoms with Crippen LogP contribution in [0.15, 0.2) is 35.4 Å². The summed E-state index contributed by atoms with van der Waals surface area (Å²) in [6.45, 7) is 0. The van der Waals surface area contributed by atoms with E-state index in [9.17, 15) is 0 Å². The molecule has 3 heteroatoms. The molecule has 2 N–H and O–H groups in total. The van der Waals surface area contributed by atoms with Gasteiger partial charge < -0.3 is 5.73 Å². The Kier molecular flexibility index (Phi) is 1.66. The van der Waals surface area contributed by atoms with Gasteiger partial charge in [0, 0.05) is 22.2 Å². The van der Waals surface area contributed by atoms with E-state index in [1.54, 1.807) is 12.3 Å². The van der Waals surface area contributed by atoms with Gasteiger partial charge in [-0.25, -0.2) is 0 Å². The zero-order valence-corrected chi connectivity index (χ0v) is 7.25. The number of fused-ring (bicyclic) bond motifs is 1. The second-order valence-electron chi connectivity index (χ2n) is 2.62. The van der Waals surface area contributed by atoms with E-state index < -0.39 is 0 Å². The standard InChI is InChI=1S/C9H8N2S/c10-7-4-6-2-1-3-11-9(6)8(12)5-7/h1-5,12H,10H2. The topological polar surface area (TPSA) is 38.9 Å². The van der Waals surface area contributed by atoms with Crippen molar-refractivity contribution in [3.63, 3.8) is 0 Å². The highest BCUT2D eigenvalue weighted by Gasteiger charge is 1.98. The lowest BCUT2D eigenvalue weighted by atomic mass is 10.2. The van der Waals surface area contributed by atoms with Crippen LogP contribution in [0.25, 0.3) is 10.9 Å². The molecule has 2 nitrogen and oxygen atoms in total. The predicted molar refractivity (Wildman–Crippen MR) is 53.4 cm³/mol. The van der Waals surface area contributed by atoms with Crippen molar-refractivity contribution < 1.29 is 0 Å². The third kappa shape index (κ3) is 1.12. The van der Waals surface area contributed by atoms with Crippen LogP contribution in [0.1, 0.15) is 0 Å². The zero-order valence-electron chi connectivity index (χ0n) is 6.36. The molecule has 1 aromatic carbocycles. The molecular formula is C9H8N2S. The van der Waals surface area contributed by atoms with Gasteiger partial charge in [0.25, 0.3) is 0 Å². The second kappa shape index (κ2) is 2.68. The van der Waals surface area contributed by atoms with Crippen LogP contribution in [-0.4, -0.2) is 4.98 Å². The van der Waals surface area contributed by atoms with E-state index in [0.717, 1.165) is 21.5 Å². The smallest absolute Gasteiger partial charge is 0.0836 e. The molecule has 0 unspecified atom stereocenters. The van der Waals surface area contributed by atoms with Crippen LogP contribution in [0.5, 0.6) is 0 Å². The minimum Gasteiger partial charge on any atom is -0.399 e. The van der Waals surface area contributed by atoms with Gasteiger partial charge in [0.05, 0.1) is 5.52 Å². The van der Waals surface area contributed by atoms with E-state index >= 15 is 0 Å². The van der Waals surface area contributed by atoms with Crippen molar-refractivity contribution in [3.8, 4) is 0 Å². The van der Waals surface area contributed by atoms with E-state index in [1.807, 2.05) is 18.2 Å². The molecular weight excluding hydrogens is 168 g/mol. The van der Waals surface area contributed by atoms with Gasteiger partial charge in [-0.2, -0.15) is 0 Å². The second-order valence-corrected chi connectivity index (χ2v) is 3.10. The SMILES string of the molecule is Nc1cc(S)c2ncccc2c1. The average Bonchev–Trinajstić information content (AvgIpc) is 2.04. The number of anilines is 1. The van der Waals surface area contributed by atoms with Gasteiger partial charge in [-0.05, 0) is 18.2 Å². The highest BCUT2D eigenvalue weighted by Crippen LogP contribution is 2.22. The molecule has 0 aliphatic heterocycles. The van der Waals surface area contributed by atoms with Crippen LogP contribution in [0.3, 0.4) is 0 Å². The first kappa shape index (κ1) is 7.43. The Hall–Kier alpha value is -1.22. The van der Waals surface area contributed by atoms with Crippen molar-refractivity contribution in [1.82, 2.24) is 4.98 Å². The van der Waals surface area contributed by atoms with Crippen molar-refractivity contribution in [2.45, 2.75) is 4.90 Å². The molecule has 0 spiro atoms. The van der Waals surface area contributed by atoms with E-state index in [4.69, 9.17) is 5.73 Å². The van der Waals surface area contributed by atoms with Crippen molar-refractivity contribution in [2.24, 2.45) is 0 Å². The fraction of sp³-hybridized carbons (Fsp3) is 0. The molecule has 0 saturated carbocycles. The summed E-state index contributed by atoms with van der Waals surface area (Å²) in [5, 5.41) is 1.03. The minimum atomic E-state index is 0.723. The molecule has 0 saturated heterocycles. The number of benzene rings is 1. The maximum Gasteiger partial charge on any atom is 0.0836 e. The van der Waals surface area contributed by atoms with Gasteiger partial charge in [0.1, 0.15) is 0 Å². The number of rotatable bonds is 0. The molecule has 0 bridgehead atoms. The average molecular weight is 176 g/mol. The predicted octanol–water partition coefficient (Wildman–Crippen LogP) is 2.11. The maximum absolute atomic E-state index is 5.65. The summed E-state index contributed by atoms with van der Waals surface area (Å²) in [5.41, 5.74) is 7.27. The number of hydrogen-bond acceptors (Lipinski definition) is 3. The molecule has 60 valence electrons. The number of nitrogens with two attached hydrogens (primary N) is 1. The van der Waals surface area contributed by atoms with Crippen molar-refractivity contribution in [3.05, 3.63) is 30.5 Å². The van der Waals surface area contributed by atoms with E-state index in [1.165, 1.54) is 0 Å². The zero-order chi connectivity index (χ0) is 8.55. The molecule has 0 aliphatic carbocycles. The molecule has 0 aliphatic rings. The summed E-state index contributed by atoms with van der Waals surface area (Å²) in [4.78, 5) is 5.01. The van der Waals surface area contributed by atoms with Crippen LogP contribution in [0.2, 0.25) is 0 Å². The van der Waals surface area contributed by atoms with Crippen molar-refractivity contribution in [1.29, 1.82) is 0 Å². The van der Waals surface area contributed by atoms with E-state index in [2.05, 4.69) is 17.6 Å². The first-order chi connectivity index (χ1) is 5.77. The van der Waals surface area contributed by atoms with E-state index in [0.29, 0.717) is 0 Å². The van der Waals surface area contributed by atoms with E-state index in [-0.39, 0.29) is 0 Å². The molecule has 2 rings (SSSR count). The Bertz CT molecular complexity index is 426. The molecule has 1 heterocycles. The summed E-state index contributed by atoms with van der Waals surface area (Å²) in [7, 11) is 0. The fourth-order valence-corrected chi connectivity index (χ4v) is 1.53. The number of nitrogen functional groups attached to an aromatic ring is 1. The Morgan fingerprint density at radius 3 is 3.00 bits per heavy atom. The Balaban J connectivity index is 2.89. The summed E-state index contributed by atoms with van der Waals surface area (Å²) in [6, 6.07) is 7.55. The first-order valence-electron chi connectivity index (χ1n) is 3.60. The number of nitrogens with zero attached hydrogens (tertiary/aromatic N) is 1. The fourth-order valence-electron chi connectivity index (χ4n) is 1.20. The molecule has 0 amide bonds. The summed E-state index contributed by atoms with van der Waals surface area (Å²) in [5.74, 6) is 0. The first-order valence-corrected chi connectivity index (χ1v) is 4.05. The number of aromatic nitrogens is 1. The molecule has 0 fully saturated rings. The van der Waals surface area contributed by atoms with Crippen molar-refractivity contribution in [2.75, 3.05) is 5.73 Å². The molecule has 1 aromatic heterocycles. The largest absolute Gasteiger partial charge is 0.399 e. The van der Waals surface area contributed by atoms with Crippen LogP contribution < -0.4 is 5.73 Å². The Labute approximate surface area is 75.8 Å². The van der Waals surface area contributed by atoms with Crippen LogP contribution in [0, 0.1) is 0 Å². The lowest BCUT2D eigenvalue weighted by Crippen LogP contribution is -1.86. The van der Waals surface area contributed by atoms with Crippen molar-refractivity contribution >= 4 is 29.2 Å². The summed E-state index contributed by atoms with van der Waals surface area (Å²) >= 11 is 4.28. The monoisotopic (exact) mass is 176 g/mol. The minimum absolute atomic E-state index is 0.723. The van der Waals surface area contributed by atoms with Gasteiger partial charge in [-0.3, -0.25) is 4.98 Å². The lowest BCUT2D eigenvalue weighted by Gasteiger charge is -2.00. The highest BCUT2D eigenvalue weighted by atomic mass is 32.1. The molecule has 0 radical (unpaired) electrons. The lowest BCUT2D eigenvalue weighted by molar-refractivity contribution is 1.36. The Morgan fingerprint density at radius 2 is 2.17 bits per heavy atom. The Morgan fingerprint density at radius 1 is 1.33 bits per heavy atom. The summed E-state index contributed by atoms with van der Waals surface area (Å²) < 4.78 is 0. The molecule has 2 aromatic rings. The normalized spacial score (nSPS) is 10.4.